The molecule has 0 atom stereocenters. The highest BCUT2D eigenvalue weighted by Gasteiger charge is 2.55. The number of fused-ring (bicyclic) bond motifs is 10. The first-order valence-corrected chi connectivity index (χ1v) is 20.4. The number of benzene rings is 8. The Labute approximate surface area is 363 Å². The van der Waals surface area contributed by atoms with Gasteiger partial charge < -0.3 is 20.9 Å². The fourth-order valence-electron chi connectivity index (χ4n) is 10.3. The number of hydrogen-bond acceptors (Lipinski definition) is 8. The average molecular weight is 829 g/mol. The predicted octanol–water partition coefficient (Wildman–Crippen LogP) is 12.3. The average Bonchev–Trinajstić information content (AvgIpc) is 3.76. The third-order valence-corrected chi connectivity index (χ3v) is 12.8. The molecule has 0 amide bonds. The van der Waals surface area contributed by atoms with Crippen LogP contribution in [0.3, 0.4) is 0 Å². The van der Waals surface area contributed by atoms with Gasteiger partial charge in [0.15, 0.2) is 0 Å². The first kappa shape index (κ1) is 38.9. The van der Waals surface area contributed by atoms with E-state index in [1.54, 1.807) is 32.4 Å². The third kappa shape index (κ3) is 5.64. The lowest BCUT2D eigenvalue weighted by Gasteiger charge is -2.34. The standard InChI is InChI=1S/C53H40N4O6/c1-29-25-34(56(58)59)17-23-38(29)42-27-33(54)28-45-48(42)50-49(39-24-18-35(57(60)61)26-30(39)2)46(31-13-19-36(62-3)20-14-31)52(55)47(32-15-21-37(63-4)22-16-32)51(50)53(45)43-11-7-5-9-40(43)41-10-6-8-12-44(41)53/h5-28H,54-55H2,1-4H3. The van der Waals surface area contributed by atoms with Gasteiger partial charge in [-0.15, -0.1) is 0 Å². The monoisotopic (exact) mass is 828 g/mol. The first-order valence-electron chi connectivity index (χ1n) is 20.4. The predicted molar refractivity (Wildman–Crippen MR) is 249 cm³/mol. The van der Waals surface area contributed by atoms with E-state index >= 15 is 0 Å². The van der Waals surface area contributed by atoms with Crippen molar-refractivity contribution in [3.05, 3.63) is 199 Å². The van der Waals surface area contributed by atoms with E-state index in [0.29, 0.717) is 34.0 Å². The minimum atomic E-state index is -0.998. The second-order valence-corrected chi connectivity index (χ2v) is 16.1. The molecule has 0 radical (unpaired) electrons. The zero-order chi connectivity index (χ0) is 43.9. The maximum atomic E-state index is 12.2. The van der Waals surface area contributed by atoms with Gasteiger partial charge >= 0.3 is 0 Å². The Bertz CT molecular complexity index is 3200. The zero-order valence-electron chi connectivity index (χ0n) is 34.9. The summed E-state index contributed by atoms with van der Waals surface area (Å²) in [5, 5.41) is 24.3. The van der Waals surface area contributed by atoms with E-state index in [2.05, 4.69) is 42.5 Å². The van der Waals surface area contributed by atoms with Gasteiger partial charge in [-0.25, -0.2) is 0 Å². The topological polar surface area (TPSA) is 157 Å². The van der Waals surface area contributed by atoms with E-state index in [1.807, 2.05) is 86.6 Å². The van der Waals surface area contributed by atoms with E-state index in [1.165, 1.54) is 12.1 Å². The minimum Gasteiger partial charge on any atom is -0.497 e. The molecule has 8 aromatic rings. The second-order valence-electron chi connectivity index (χ2n) is 16.1. The number of nitro benzene ring substituents is 2. The molecule has 0 saturated carbocycles. The largest absolute Gasteiger partial charge is 0.497 e. The van der Waals surface area contributed by atoms with Crippen LogP contribution < -0.4 is 20.9 Å². The molecule has 1 spiro atoms. The molecule has 10 nitrogen and oxygen atoms in total. The van der Waals surface area contributed by atoms with Gasteiger partial charge in [-0.1, -0.05) is 72.8 Å². The summed E-state index contributed by atoms with van der Waals surface area (Å²) >= 11 is 0. The summed E-state index contributed by atoms with van der Waals surface area (Å²) in [5.74, 6) is 1.34. The Morgan fingerprint density at radius 1 is 0.476 bits per heavy atom. The van der Waals surface area contributed by atoms with Gasteiger partial charge in [0, 0.05) is 52.3 Å². The van der Waals surface area contributed by atoms with Crippen molar-refractivity contribution in [3.8, 4) is 78.3 Å². The summed E-state index contributed by atoms with van der Waals surface area (Å²) in [4.78, 5) is 23.6. The van der Waals surface area contributed by atoms with E-state index in [0.717, 1.165) is 89.0 Å². The third-order valence-electron chi connectivity index (χ3n) is 12.8. The summed E-state index contributed by atoms with van der Waals surface area (Å²) in [6.45, 7) is 3.76. The van der Waals surface area contributed by atoms with E-state index < -0.39 is 10.3 Å². The lowest BCUT2D eigenvalue weighted by atomic mass is 9.67. The van der Waals surface area contributed by atoms with Crippen molar-refractivity contribution in [2.75, 3.05) is 25.7 Å². The van der Waals surface area contributed by atoms with Crippen LogP contribution in [0.4, 0.5) is 22.7 Å². The van der Waals surface area contributed by atoms with Crippen LogP contribution in [-0.4, -0.2) is 24.1 Å². The number of nitrogens with two attached hydrogens (primary N) is 2. The number of rotatable bonds is 8. The molecule has 2 aliphatic rings. The maximum Gasteiger partial charge on any atom is 0.269 e. The molecule has 308 valence electrons. The summed E-state index contributed by atoms with van der Waals surface area (Å²) in [6.07, 6.45) is 0. The van der Waals surface area contributed by atoms with Gasteiger partial charge in [0.2, 0.25) is 0 Å². The number of aryl methyl sites for hydroxylation is 2. The lowest BCUT2D eigenvalue weighted by Crippen LogP contribution is -2.27. The zero-order valence-corrected chi connectivity index (χ0v) is 34.9. The number of hydrogen-bond donors (Lipinski definition) is 2. The first-order chi connectivity index (χ1) is 30.5. The van der Waals surface area contributed by atoms with Crippen LogP contribution in [0.15, 0.2) is 146 Å². The molecular formula is C53H40N4O6. The summed E-state index contributed by atoms with van der Waals surface area (Å²) in [7, 11) is 3.25. The lowest BCUT2D eigenvalue weighted by molar-refractivity contribution is -0.385. The van der Waals surface area contributed by atoms with Crippen molar-refractivity contribution in [3.63, 3.8) is 0 Å². The Hall–Kier alpha value is -8.24. The highest BCUT2D eigenvalue weighted by molar-refractivity contribution is 6.15. The second kappa shape index (κ2) is 14.5. The normalized spacial score (nSPS) is 12.6. The summed E-state index contributed by atoms with van der Waals surface area (Å²) < 4.78 is 11.3. The van der Waals surface area contributed by atoms with Crippen molar-refractivity contribution in [2.45, 2.75) is 19.3 Å². The van der Waals surface area contributed by atoms with Gasteiger partial charge in [-0.2, -0.15) is 0 Å². The van der Waals surface area contributed by atoms with Crippen molar-refractivity contribution in [1.82, 2.24) is 0 Å². The van der Waals surface area contributed by atoms with Crippen LogP contribution in [0.1, 0.15) is 33.4 Å². The summed E-state index contributed by atoms with van der Waals surface area (Å²) in [6, 6.07) is 46.4. The van der Waals surface area contributed by atoms with E-state index in [9.17, 15) is 20.2 Å². The van der Waals surface area contributed by atoms with Crippen molar-refractivity contribution < 1.29 is 19.3 Å². The number of nitro groups is 2. The molecule has 8 aromatic carbocycles. The number of non-ortho nitro benzene ring substituents is 2. The van der Waals surface area contributed by atoms with Crippen molar-refractivity contribution in [2.24, 2.45) is 0 Å². The molecule has 4 N–H and O–H groups in total. The van der Waals surface area contributed by atoms with Crippen LogP contribution in [0, 0.1) is 34.1 Å². The molecule has 0 saturated heterocycles. The molecule has 63 heavy (non-hydrogen) atoms. The van der Waals surface area contributed by atoms with Gasteiger partial charge in [0.1, 0.15) is 11.5 Å². The number of nitrogens with zero attached hydrogens (tertiary/aromatic N) is 2. The van der Waals surface area contributed by atoms with Gasteiger partial charge in [0.25, 0.3) is 11.4 Å². The van der Waals surface area contributed by atoms with Gasteiger partial charge in [-0.05, 0) is 146 Å². The Kier molecular flexibility index (Phi) is 8.93. The van der Waals surface area contributed by atoms with Crippen molar-refractivity contribution >= 4 is 22.7 Å². The molecule has 2 aliphatic carbocycles. The molecule has 0 heterocycles. The molecule has 0 bridgehead atoms. The minimum absolute atomic E-state index is 0.0223. The number of methoxy groups -OCH3 is 2. The van der Waals surface area contributed by atoms with Crippen LogP contribution >= 0.6 is 0 Å². The van der Waals surface area contributed by atoms with Crippen LogP contribution in [-0.2, 0) is 5.41 Å². The fraction of sp³-hybridized carbons (Fsp3) is 0.0943. The van der Waals surface area contributed by atoms with Gasteiger partial charge in [-0.3, -0.25) is 20.2 Å². The maximum absolute atomic E-state index is 12.2. The number of ether oxygens (including phenoxy) is 2. The van der Waals surface area contributed by atoms with Crippen LogP contribution in [0.2, 0.25) is 0 Å². The molecule has 0 unspecified atom stereocenters. The Morgan fingerprint density at radius 3 is 1.46 bits per heavy atom. The molecule has 10 rings (SSSR count). The summed E-state index contributed by atoms with van der Waals surface area (Å²) in [5.41, 5.74) is 30.3. The van der Waals surface area contributed by atoms with Gasteiger partial charge in [0.05, 0.1) is 29.5 Å². The smallest absolute Gasteiger partial charge is 0.269 e. The van der Waals surface area contributed by atoms with Crippen LogP contribution in [0.25, 0.3) is 66.8 Å². The van der Waals surface area contributed by atoms with Crippen LogP contribution in [0.5, 0.6) is 11.5 Å². The highest BCUT2D eigenvalue weighted by Crippen LogP contribution is 2.69. The quantitative estimate of drug-likeness (QED) is 0.0870. The highest BCUT2D eigenvalue weighted by atomic mass is 16.6. The van der Waals surface area contributed by atoms with E-state index in [-0.39, 0.29) is 16.3 Å². The van der Waals surface area contributed by atoms with Crippen molar-refractivity contribution in [1.29, 1.82) is 0 Å². The molecule has 10 heteroatoms. The molecule has 0 aromatic heterocycles. The number of anilines is 2. The SMILES string of the molecule is COc1ccc(-c2c(N)c(-c3ccc(OC)cc3)c3c(c2-c2ccc([N+](=O)[O-])cc2C)-c2c(-c4ccc([N+](=O)[O-])cc4C)cc(N)cc2C32c3ccccc3-c3ccccc32)cc1. The molecule has 0 aliphatic heterocycles. The molecule has 0 fully saturated rings. The Morgan fingerprint density at radius 2 is 0.968 bits per heavy atom. The number of nitrogen functional groups attached to an aromatic ring is 2. The fourth-order valence-corrected chi connectivity index (χ4v) is 10.3. The van der Waals surface area contributed by atoms with E-state index in [4.69, 9.17) is 20.9 Å². The molecular weight excluding hydrogens is 789 g/mol. The Balaban J connectivity index is 1.51.